The van der Waals surface area contributed by atoms with Gasteiger partial charge in [-0.3, -0.25) is 4.79 Å². The average Bonchev–Trinajstić information content (AvgIpc) is 3.06. The zero-order valence-electron chi connectivity index (χ0n) is 17.2. The second kappa shape index (κ2) is 9.17. The normalized spacial score (nSPS) is 10.6. The predicted molar refractivity (Wildman–Crippen MR) is 117 cm³/mol. The fraction of sp³-hybridized carbons (Fsp3) is 0.217. The van der Waals surface area contributed by atoms with Crippen LogP contribution in [0, 0.1) is 13.8 Å². The molecule has 0 atom stereocenters. The first-order chi connectivity index (χ1) is 14.3. The van der Waals surface area contributed by atoms with Gasteiger partial charge in [0.05, 0.1) is 19.8 Å². The predicted octanol–water partition coefficient (Wildman–Crippen LogP) is 4.91. The summed E-state index contributed by atoms with van der Waals surface area (Å²) >= 11 is 3.43. The minimum atomic E-state index is -0.623. The standard InChI is InChI=1S/C23H22BrNO5/c1-14-9-21(15(2)25(14)18-7-5-17(24)6-8-18)22(26)13-30-23(27)16-10-19(28-3)12-20(11-16)29-4/h5-12H,13H2,1-4H3. The molecule has 3 aromatic rings. The Morgan fingerprint density at radius 1 is 0.933 bits per heavy atom. The number of aromatic nitrogens is 1. The highest BCUT2D eigenvalue weighted by Gasteiger charge is 2.19. The lowest BCUT2D eigenvalue weighted by Crippen LogP contribution is -2.15. The van der Waals surface area contributed by atoms with E-state index in [2.05, 4.69) is 15.9 Å². The maximum absolute atomic E-state index is 12.8. The zero-order chi connectivity index (χ0) is 21.8. The molecule has 7 heteroatoms. The van der Waals surface area contributed by atoms with Gasteiger partial charge >= 0.3 is 5.97 Å². The van der Waals surface area contributed by atoms with E-state index in [1.807, 2.05) is 48.7 Å². The van der Waals surface area contributed by atoms with Crippen LogP contribution >= 0.6 is 15.9 Å². The highest BCUT2D eigenvalue weighted by atomic mass is 79.9. The number of carbonyl (C=O) groups excluding carboxylic acids is 2. The first kappa shape index (κ1) is 21.6. The fourth-order valence-corrected chi connectivity index (χ4v) is 3.51. The number of Topliss-reactive ketones (excluding diaryl/α,β-unsaturated/α-hetero) is 1. The minimum absolute atomic E-state index is 0.249. The van der Waals surface area contributed by atoms with E-state index in [0.717, 1.165) is 21.5 Å². The van der Waals surface area contributed by atoms with Crippen LogP contribution in [0.1, 0.15) is 32.1 Å². The topological polar surface area (TPSA) is 66.8 Å². The van der Waals surface area contributed by atoms with Crippen LogP contribution in [0.4, 0.5) is 0 Å². The molecule has 0 fully saturated rings. The molecule has 0 amide bonds. The monoisotopic (exact) mass is 471 g/mol. The number of halogens is 1. The van der Waals surface area contributed by atoms with Gasteiger partial charge in [-0.1, -0.05) is 15.9 Å². The quantitative estimate of drug-likeness (QED) is 0.361. The highest BCUT2D eigenvalue weighted by Crippen LogP contribution is 2.24. The summed E-state index contributed by atoms with van der Waals surface area (Å²) in [6.07, 6.45) is 0. The van der Waals surface area contributed by atoms with Gasteiger partial charge in [0, 0.05) is 33.2 Å². The van der Waals surface area contributed by atoms with Crippen molar-refractivity contribution < 1.29 is 23.8 Å². The molecule has 1 aromatic heterocycles. The average molecular weight is 472 g/mol. The van der Waals surface area contributed by atoms with Gasteiger partial charge in [0.1, 0.15) is 11.5 Å². The van der Waals surface area contributed by atoms with Crippen molar-refractivity contribution in [1.29, 1.82) is 0 Å². The number of nitrogens with zero attached hydrogens (tertiary/aromatic N) is 1. The molecule has 0 bridgehead atoms. The van der Waals surface area contributed by atoms with Gasteiger partial charge in [0.2, 0.25) is 5.78 Å². The summed E-state index contributed by atoms with van der Waals surface area (Å²) in [5.74, 6) is 0.0354. The van der Waals surface area contributed by atoms with E-state index >= 15 is 0 Å². The summed E-state index contributed by atoms with van der Waals surface area (Å²) < 4.78 is 18.6. The van der Waals surface area contributed by atoms with Crippen LogP contribution in [-0.4, -0.2) is 37.1 Å². The minimum Gasteiger partial charge on any atom is -0.497 e. The van der Waals surface area contributed by atoms with Gasteiger partial charge < -0.3 is 18.8 Å². The van der Waals surface area contributed by atoms with Crippen LogP contribution in [0.3, 0.4) is 0 Å². The van der Waals surface area contributed by atoms with Crippen LogP contribution in [-0.2, 0) is 4.74 Å². The molecule has 0 saturated carbocycles. The van der Waals surface area contributed by atoms with Crippen molar-refractivity contribution in [3.63, 3.8) is 0 Å². The molecule has 156 valence electrons. The smallest absolute Gasteiger partial charge is 0.338 e. The number of benzene rings is 2. The van der Waals surface area contributed by atoms with E-state index in [1.165, 1.54) is 26.4 Å². The molecule has 0 unspecified atom stereocenters. The molecule has 6 nitrogen and oxygen atoms in total. The summed E-state index contributed by atoms with van der Waals surface area (Å²) in [4.78, 5) is 25.2. The van der Waals surface area contributed by atoms with Crippen LogP contribution in [0.25, 0.3) is 5.69 Å². The molecule has 3 rings (SSSR count). The Morgan fingerprint density at radius 2 is 1.53 bits per heavy atom. The maximum atomic E-state index is 12.8. The number of carbonyl (C=O) groups is 2. The van der Waals surface area contributed by atoms with Crippen LogP contribution in [0.2, 0.25) is 0 Å². The first-order valence-corrected chi connectivity index (χ1v) is 10.0. The van der Waals surface area contributed by atoms with Crippen LogP contribution < -0.4 is 9.47 Å². The van der Waals surface area contributed by atoms with E-state index in [4.69, 9.17) is 14.2 Å². The van der Waals surface area contributed by atoms with Crippen molar-refractivity contribution in [2.24, 2.45) is 0 Å². The number of hydrogen-bond acceptors (Lipinski definition) is 5. The Hall–Kier alpha value is -3.06. The molecular weight excluding hydrogens is 450 g/mol. The number of ether oxygens (including phenoxy) is 3. The maximum Gasteiger partial charge on any atom is 0.338 e. The highest BCUT2D eigenvalue weighted by molar-refractivity contribution is 9.10. The Kier molecular flexibility index (Phi) is 6.62. The van der Waals surface area contributed by atoms with E-state index in [-0.39, 0.29) is 18.0 Å². The molecule has 0 radical (unpaired) electrons. The number of aryl methyl sites for hydroxylation is 1. The van der Waals surface area contributed by atoms with Gasteiger partial charge in [0.25, 0.3) is 0 Å². The SMILES string of the molecule is COc1cc(OC)cc(C(=O)OCC(=O)c2cc(C)n(-c3ccc(Br)cc3)c2C)c1. The van der Waals surface area contributed by atoms with Gasteiger partial charge in [-0.2, -0.15) is 0 Å². The Labute approximate surface area is 183 Å². The molecule has 30 heavy (non-hydrogen) atoms. The van der Waals surface area contributed by atoms with E-state index in [1.54, 1.807) is 6.07 Å². The molecule has 0 N–H and O–H groups in total. The number of hydrogen-bond donors (Lipinski definition) is 0. The number of esters is 1. The molecule has 0 aliphatic heterocycles. The first-order valence-electron chi connectivity index (χ1n) is 9.22. The lowest BCUT2D eigenvalue weighted by Gasteiger charge is -2.10. The molecule has 0 spiro atoms. The molecule has 1 heterocycles. The summed E-state index contributed by atoms with van der Waals surface area (Å²) in [7, 11) is 2.99. The van der Waals surface area contributed by atoms with E-state index in [9.17, 15) is 9.59 Å². The molecular formula is C23H22BrNO5. The van der Waals surface area contributed by atoms with E-state index < -0.39 is 5.97 Å². The lowest BCUT2D eigenvalue weighted by molar-refractivity contribution is 0.0474. The van der Waals surface area contributed by atoms with E-state index in [0.29, 0.717) is 17.1 Å². The second-order valence-electron chi connectivity index (χ2n) is 6.70. The Balaban J connectivity index is 1.76. The Bertz CT molecular complexity index is 1060. The third-order valence-corrected chi connectivity index (χ3v) is 5.27. The van der Waals surface area contributed by atoms with Crippen molar-refractivity contribution in [3.05, 3.63) is 75.5 Å². The largest absolute Gasteiger partial charge is 0.497 e. The molecule has 2 aromatic carbocycles. The van der Waals surface area contributed by atoms with Crippen molar-refractivity contribution >= 4 is 27.7 Å². The fourth-order valence-electron chi connectivity index (χ4n) is 3.25. The van der Waals surface area contributed by atoms with Gasteiger partial charge in [0.15, 0.2) is 6.61 Å². The van der Waals surface area contributed by atoms with Crippen molar-refractivity contribution in [2.75, 3.05) is 20.8 Å². The second-order valence-corrected chi connectivity index (χ2v) is 7.61. The summed E-state index contributed by atoms with van der Waals surface area (Å²) in [6, 6.07) is 14.4. The molecule has 0 aliphatic carbocycles. The van der Waals surface area contributed by atoms with Crippen LogP contribution in [0.15, 0.2) is 53.0 Å². The van der Waals surface area contributed by atoms with Gasteiger partial charge in [-0.05, 0) is 56.3 Å². The van der Waals surface area contributed by atoms with Crippen molar-refractivity contribution in [2.45, 2.75) is 13.8 Å². The lowest BCUT2D eigenvalue weighted by atomic mass is 10.1. The third-order valence-electron chi connectivity index (χ3n) is 4.74. The summed E-state index contributed by atoms with van der Waals surface area (Å²) in [6.45, 7) is 3.44. The van der Waals surface area contributed by atoms with Gasteiger partial charge in [-0.15, -0.1) is 0 Å². The number of rotatable bonds is 7. The number of methoxy groups -OCH3 is 2. The third kappa shape index (κ3) is 4.57. The van der Waals surface area contributed by atoms with Crippen molar-refractivity contribution in [1.82, 2.24) is 4.57 Å². The van der Waals surface area contributed by atoms with Crippen LogP contribution in [0.5, 0.6) is 11.5 Å². The van der Waals surface area contributed by atoms with Crippen molar-refractivity contribution in [3.8, 4) is 17.2 Å². The molecule has 0 saturated heterocycles. The summed E-state index contributed by atoms with van der Waals surface area (Å²) in [5.41, 5.74) is 3.43. The number of ketones is 1. The molecule has 0 aliphatic rings. The van der Waals surface area contributed by atoms with Gasteiger partial charge in [-0.25, -0.2) is 4.79 Å². The zero-order valence-corrected chi connectivity index (χ0v) is 18.8. The summed E-state index contributed by atoms with van der Waals surface area (Å²) in [5, 5.41) is 0. The Morgan fingerprint density at radius 3 is 2.10 bits per heavy atom.